The topological polar surface area (TPSA) is 25.2 Å². The van der Waals surface area contributed by atoms with Crippen molar-refractivity contribution in [3.8, 4) is 0 Å². The molecule has 92 valence electrons. The molecule has 0 aliphatic rings. The van der Waals surface area contributed by atoms with Crippen LogP contribution in [-0.4, -0.2) is 6.54 Å². The lowest BCUT2D eigenvalue weighted by atomic mass is 10.0. The summed E-state index contributed by atoms with van der Waals surface area (Å²) in [5.74, 6) is 1.96. The van der Waals surface area contributed by atoms with Gasteiger partial charge in [-0.1, -0.05) is 6.92 Å². The van der Waals surface area contributed by atoms with Gasteiger partial charge in [-0.3, -0.25) is 0 Å². The van der Waals surface area contributed by atoms with Crippen molar-refractivity contribution in [1.29, 1.82) is 0 Å². The highest BCUT2D eigenvalue weighted by atomic mass is 79.9. The molecule has 0 radical (unpaired) electrons. The molecular weight excluding hydrogens is 298 g/mol. The Labute approximate surface area is 114 Å². The summed E-state index contributed by atoms with van der Waals surface area (Å²) in [7, 11) is 0. The molecule has 0 fully saturated rings. The summed E-state index contributed by atoms with van der Waals surface area (Å²) in [5.41, 5.74) is 2.52. The van der Waals surface area contributed by atoms with Crippen LogP contribution in [0.25, 0.3) is 0 Å². The maximum atomic E-state index is 5.62. The molecule has 1 atom stereocenters. The van der Waals surface area contributed by atoms with Crippen molar-refractivity contribution in [3.63, 3.8) is 0 Å². The minimum atomic E-state index is 0.222. The van der Waals surface area contributed by atoms with Gasteiger partial charge in [0.25, 0.3) is 0 Å². The Kier molecular flexibility index (Phi) is 4.07. The van der Waals surface area contributed by atoms with Gasteiger partial charge in [-0.25, -0.2) is 0 Å². The number of hydrogen-bond donors (Lipinski definition) is 1. The van der Waals surface area contributed by atoms with Crippen LogP contribution in [0.4, 0.5) is 0 Å². The first-order valence-electron chi connectivity index (χ1n) is 5.66. The van der Waals surface area contributed by atoms with Crippen LogP contribution in [0.5, 0.6) is 0 Å². The highest BCUT2D eigenvalue weighted by Gasteiger charge is 2.19. The highest BCUT2D eigenvalue weighted by Crippen LogP contribution is 2.32. The van der Waals surface area contributed by atoms with Crippen LogP contribution in [0.3, 0.4) is 0 Å². The molecule has 0 aromatic carbocycles. The third-order valence-electron chi connectivity index (χ3n) is 2.72. The third-order valence-corrected chi connectivity index (χ3v) is 4.24. The van der Waals surface area contributed by atoms with E-state index in [1.165, 1.54) is 11.1 Å². The summed E-state index contributed by atoms with van der Waals surface area (Å²) < 4.78 is 6.78. The maximum Gasteiger partial charge on any atom is 0.106 e. The van der Waals surface area contributed by atoms with Gasteiger partial charge < -0.3 is 9.73 Å². The Bertz CT molecular complexity index is 503. The molecule has 2 rings (SSSR count). The Morgan fingerprint density at radius 1 is 1.41 bits per heavy atom. The fourth-order valence-electron chi connectivity index (χ4n) is 2.02. The Hall–Kier alpha value is -0.580. The summed E-state index contributed by atoms with van der Waals surface area (Å²) in [4.78, 5) is 0. The normalized spacial score (nSPS) is 12.9. The maximum absolute atomic E-state index is 5.62. The van der Waals surface area contributed by atoms with Gasteiger partial charge in [0.1, 0.15) is 11.5 Å². The van der Waals surface area contributed by atoms with Gasteiger partial charge >= 0.3 is 0 Å². The summed E-state index contributed by atoms with van der Waals surface area (Å²) in [5, 5.41) is 5.69. The Morgan fingerprint density at radius 2 is 2.18 bits per heavy atom. The second-order valence-corrected chi connectivity index (χ2v) is 6.33. The Balaban J connectivity index is 2.38. The van der Waals surface area contributed by atoms with E-state index in [-0.39, 0.29) is 6.04 Å². The van der Waals surface area contributed by atoms with E-state index in [1.807, 2.05) is 13.8 Å². The fraction of sp³-hybridized carbons (Fsp3) is 0.385. The number of furan rings is 1. The monoisotopic (exact) mass is 313 g/mol. The molecule has 2 nitrogen and oxygen atoms in total. The van der Waals surface area contributed by atoms with Crippen LogP contribution in [0.2, 0.25) is 0 Å². The smallest absolute Gasteiger partial charge is 0.106 e. The van der Waals surface area contributed by atoms with E-state index in [0.29, 0.717) is 0 Å². The van der Waals surface area contributed by atoms with E-state index in [1.54, 1.807) is 11.3 Å². The summed E-state index contributed by atoms with van der Waals surface area (Å²) in [6.07, 6.45) is 0. The number of thiophene rings is 1. The van der Waals surface area contributed by atoms with E-state index in [0.717, 1.165) is 21.9 Å². The zero-order valence-corrected chi connectivity index (χ0v) is 12.6. The van der Waals surface area contributed by atoms with E-state index in [4.69, 9.17) is 4.42 Å². The lowest BCUT2D eigenvalue weighted by Gasteiger charge is -2.16. The number of rotatable bonds is 4. The summed E-state index contributed by atoms with van der Waals surface area (Å²) in [6, 6.07) is 4.51. The van der Waals surface area contributed by atoms with Crippen LogP contribution >= 0.6 is 27.3 Å². The molecule has 2 aromatic heterocycles. The van der Waals surface area contributed by atoms with Crippen LogP contribution < -0.4 is 5.32 Å². The molecule has 0 amide bonds. The summed E-state index contributed by atoms with van der Waals surface area (Å²) >= 11 is 5.23. The molecule has 1 unspecified atom stereocenters. The van der Waals surface area contributed by atoms with Crippen molar-refractivity contribution in [2.24, 2.45) is 0 Å². The van der Waals surface area contributed by atoms with Crippen LogP contribution in [-0.2, 0) is 0 Å². The number of hydrogen-bond acceptors (Lipinski definition) is 3. The first-order valence-corrected chi connectivity index (χ1v) is 7.33. The molecule has 0 saturated carbocycles. The first kappa shape index (κ1) is 12.9. The second kappa shape index (κ2) is 5.38. The first-order chi connectivity index (χ1) is 8.11. The third kappa shape index (κ3) is 2.81. The van der Waals surface area contributed by atoms with Gasteiger partial charge in [0, 0.05) is 5.56 Å². The van der Waals surface area contributed by atoms with Crippen molar-refractivity contribution in [1.82, 2.24) is 5.32 Å². The molecule has 2 heterocycles. The number of halogens is 1. The molecule has 4 heteroatoms. The quantitative estimate of drug-likeness (QED) is 0.904. The molecule has 0 spiro atoms. The van der Waals surface area contributed by atoms with Gasteiger partial charge in [0.2, 0.25) is 0 Å². The van der Waals surface area contributed by atoms with Crippen molar-refractivity contribution in [2.45, 2.75) is 26.8 Å². The van der Waals surface area contributed by atoms with Crippen molar-refractivity contribution in [2.75, 3.05) is 6.54 Å². The largest absolute Gasteiger partial charge is 0.466 e. The molecular formula is C13H16BrNOS. The standard InChI is InChI=1S/C13H16BrNOS/c1-4-15-13(10-6-12(14)17-7-10)11-5-8(2)16-9(11)3/h5-7,13,15H,4H2,1-3H3. The van der Waals surface area contributed by atoms with Gasteiger partial charge in [0.05, 0.1) is 9.83 Å². The average Bonchev–Trinajstić information content (AvgIpc) is 2.82. The lowest BCUT2D eigenvalue weighted by Crippen LogP contribution is -2.21. The van der Waals surface area contributed by atoms with Crippen LogP contribution in [0.15, 0.2) is 25.7 Å². The number of aryl methyl sites for hydroxylation is 2. The molecule has 2 aromatic rings. The van der Waals surface area contributed by atoms with E-state index in [2.05, 4.69) is 45.7 Å². The minimum Gasteiger partial charge on any atom is -0.466 e. The molecule has 0 aliphatic carbocycles. The lowest BCUT2D eigenvalue weighted by molar-refractivity contribution is 0.495. The van der Waals surface area contributed by atoms with E-state index >= 15 is 0 Å². The van der Waals surface area contributed by atoms with Gasteiger partial charge in [0.15, 0.2) is 0 Å². The van der Waals surface area contributed by atoms with Crippen LogP contribution in [0, 0.1) is 13.8 Å². The van der Waals surface area contributed by atoms with E-state index < -0.39 is 0 Å². The predicted octanol–water partition coefficient (Wildman–Crippen LogP) is 4.42. The zero-order valence-electron chi connectivity index (χ0n) is 10.2. The van der Waals surface area contributed by atoms with Crippen LogP contribution in [0.1, 0.15) is 35.6 Å². The summed E-state index contributed by atoms with van der Waals surface area (Å²) in [6.45, 7) is 7.07. The van der Waals surface area contributed by atoms with Gasteiger partial charge in [-0.05, 0) is 59.4 Å². The van der Waals surface area contributed by atoms with Crippen molar-refractivity contribution in [3.05, 3.63) is 43.9 Å². The van der Waals surface area contributed by atoms with E-state index in [9.17, 15) is 0 Å². The molecule has 0 aliphatic heterocycles. The number of nitrogens with one attached hydrogen (secondary N) is 1. The fourth-order valence-corrected chi connectivity index (χ4v) is 3.22. The molecule has 0 bridgehead atoms. The molecule has 17 heavy (non-hydrogen) atoms. The van der Waals surface area contributed by atoms with Gasteiger partial charge in [-0.2, -0.15) is 0 Å². The average molecular weight is 314 g/mol. The Morgan fingerprint density at radius 3 is 2.65 bits per heavy atom. The molecule has 0 saturated heterocycles. The van der Waals surface area contributed by atoms with Crippen molar-refractivity contribution < 1.29 is 4.42 Å². The molecule has 1 N–H and O–H groups in total. The predicted molar refractivity (Wildman–Crippen MR) is 75.7 cm³/mol. The van der Waals surface area contributed by atoms with Crippen molar-refractivity contribution >= 4 is 27.3 Å². The SMILES string of the molecule is CCNC(c1csc(Br)c1)c1cc(C)oc1C. The zero-order chi connectivity index (χ0) is 12.4. The highest BCUT2D eigenvalue weighted by molar-refractivity contribution is 9.11. The van der Waals surface area contributed by atoms with Gasteiger partial charge in [-0.15, -0.1) is 11.3 Å². The minimum absolute atomic E-state index is 0.222. The second-order valence-electron chi connectivity index (χ2n) is 4.04.